The van der Waals surface area contributed by atoms with Gasteiger partial charge in [-0.1, -0.05) is 37.6 Å². The van der Waals surface area contributed by atoms with Gasteiger partial charge >= 0.3 is 0 Å². The Hall–Kier alpha value is -3.50. The lowest BCUT2D eigenvalue weighted by Gasteiger charge is -2.18. The summed E-state index contributed by atoms with van der Waals surface area (Å²) >= 11 is 0. The van der Waals surface area contributed by atoms with Crippen LogP contribution in [0.15, 0.2) is 53.3 Å². The molecular weight excluding hydrogens is 378 g/mol. The summed E-state index contributed by atoms with van der Waals surface area (Å²) in [5.74, 6) is 0.482. The maximum absolute atomic E-state index is 12.6. The number of fused-ring (bicyclic) bond motifs is 1. The smallest absolute Gasteiger partial charge is 0.279 e. The van der Waals surface area contributed by atoms with Crippen LogP contribution in [0.5, 0.6) is 0 Å². The van der Waals surface area contributed by atoms with Gasteiger partial charge < -0.3 is 15.2 Å². The molecule has 0 saturated heterocycles. The molecule has 3 rings (SSSR count). The van der Waals surface area contributed by atoms with Crippen LogP contribution in [0.2, 0.25) is 0 Å². The second-order valence-corrected chi connectivity index (χ2v) is 7.32. The van der Waals surface area contributed by atoms with Crippen molar-refractivity contribution in [2.24, 2.45) is 0 Å². The molecule has 7 heteroatoms. The van der Waals surface area contributed by atoms with Crippen molar-refractivity contribution >= 4 is 22.5 Å². The van der Waals surface area contributed by atoms with Crippen LogP contribution in [0, 0.1) is 11.3 Å². The third-order valence-electron chi connectivity index (χ3n) is 4.89. The number of nitrogens with one attached hydrogen (secondary N) is 3. The molecule has 154 valence electrons. The monoisotopic (exact) mass is 404 g/mol. The van der Waals surface area contributed by atoms with Crippen molar-refractivity contribution < 1.29 is 9.69 Å². The van der Waals surface area contributed by atoms with Crippen molar-refractivity contribution in [2.45, 2.75) is 32.7 Å². The number of carbonyl (C=O) groups excluding carboxylic acids is 1. The van der Waals surface area contributed by atoms with Gasteiger partial charge in [0.2, 0.25) is 0 Å². The number of amides is 1. The fourth-order valence-electron chi connectivity index (χ4n) is 3.35. The predicted molar refractivity (Wildman–Crippen MR) is 116 cm³/mol. The van der Waals surface area contributed by atoms with E-state index in [1.165, 1.54) is 0 Å². The quantitative estimate of drug-likeness (QED) is 0.506. The molecule has 2 aromatic carbocycles. The van der Waals surface area contributed by atoms with Gasteiger partial charge in [0.1, 0.15) is 6.54 Å². The zero-order valence-corrected chi connectivity index (χ0v) is 17.1. The molecule has 0 aliphatic rings. The maximum Gasteiger partial charge on any atom is 0.279 e. The van der Waals surface area contributed by atoms with E-state index in [-0.39, 0.29) is 18.0 Å². The van der Waals surface area contributed by atoms with Gasteiger partial charge in [0.25, 0.3) is 11.5 Å². The van der Waals surface area contributed by atoms with Crippen molar-refractivity contribution in [3.8, 4) is 6.07 Å². The number of quaternary nitrogens is 1. The number of hydrogen-bond acceptors (Lipinski definition) is 4. The van der Waals surface area contributed by atoms with E-state index in [1.807, 2.05) is 30.3 Å². The van der Waals surface area contributed by atoms with Gasteiger partial charge in [-0.15, -0.1) is 0 Å². The second kappa shape index (κ2) is 10.3. The minimum absolute atomic E-state index is 0.0997. The molecule has 0 aliphatic carbocycles. The van der Waals surface area contributed by atoms with Crippen LogP contribution in [0.1, 0.15) is 31.2 Å². The van der Waals surface area contributed by atoms with Crippen LogP contribution in [-0.2, 0) is 17.8 Å². The summed E-state index contributed by atoms with van der Waals surface area (Å²) < 4.78 is 0. The molecule has 0 saturated carbocycles. The Balaban J connectivity index is 1.68. The SMILES string of the molecule is CCCC[NH+](CC(=O)Nc1ccc(CC#N)cc1)Cc1nc2ccccc2c(=O)[nH]1. The molecule has 3 aromatic rings. The molecule has 1 unspecified atom stereocenters. The van der Waals surface area contributed by atoms with E-state index in [0.717, 1.165) is 29.8 Å². The Morgan fingerprint density at radius 2 is 1.97 bits per heavy atom. The molecule has 1 heterocycles. The largest absolute Gasteiger partial charge is 0.321 e. The van der Waals surface area contributed by atoms with Gasteiger partial charge in [-0.05, 0) is 36.2 Å². The first-order chi connectivity index (χ1) is 14.6. The molecule has 1 amide bonds. The van der Waals surface area contributed by atoms with Crippen molar-refractivity contribution in [1.29, 1.82) is 5.26 Å². The predicted octanol–water partition coefficient (Wildman–Crippen LogP) is 1.81. The third-order valence-corrected chi connectivity index (χ3v) is 4.89. The van der Waals surface area contributed by atoms with Crippen molar-refractivity contribution in [1.82, 2.24) is 9.97 Å². The maximum atomic E-state index is 12.6. The number of nitriles is 1. The summed E-state index contributed by atoms with van der Waals surface area (Å²) in [6.45, 7) is 3.66. The van der Waals surface area contributed by atoms with Crippen LogP contribution < -0.4 is 15.8 Å². The second-order valence-electron chi connectivity index (χ2n) is 7.32. The molecule has 0 fully saturated rings. The molecule has 0 aliphatic heterocycles. The van der Waals surface area contributed by atoms with Gasteiger partial charge in [-0.3, -0.25) is 9.59 Å². The summed E-state index contributed by atoms with van der Waals surface area (Å²) in [5.41, 5.74) is 2.12. The molecule has 1 atom stereocenters. The van der Waals surface area contributed by atoms with E-state index in [0.29, 0.717) is 35.4 Å². The fourth-order valence-corrected chi connectivity index (χ4v) is 3.35. The first-order valence-electron chi connectivity index (χ1n) is 10.2. The zero-order chi connectivity index (χ0) is 21.3. The van der Waals surface area contributed by atoms with Crippen LogP contribution in [0.3, 0.4) is 0 Å². The highest BCUT2D eigenvalue weighted by atomic mass is 16.2. The number of nitrogens with zero attached hydrogens (tertiary/aromatic N) is 2. The number of H-pyrrole nitrogens is 1. The normalized spacial score (nSPS) is 11.7. The lowest BCUT2D eigenvalue weighted by atomic mass is 10.1. The van der Waals surface area contributed by atoms with E-state index in [9.17, 15) is 9.59 Å². The number of carbonyl (C=O) groups is 1. The van der Waals surface area contributed by atoms with Gasteiger partial charge in [0, 0.05) is 5.69 Å². The molecule has 0 bridgehead atoms. The average Bonchev–Trinajstić information content (AvgIpc) is 2.73. The molecule has 1 aromatic heterocycles. The van der Waals surface area contributed by atoms with Gasteiger partial charge in [0.05, 0.1) is 29.9 Å². The summed E-state index contributed by atoms with van der Waals surface area (Å²) in [4.78, 5) is 33.4. The summed E-state index contributed by atoms with van der Waals surface area (Å²) in [7, 11) is 0. The summed E-state index contributed by atoms with van der Waals surface area (Å²) in [6.07, 6.45) is 2.34. The Kier molecular flexibility index (Phi) is 7.30. The van der Waals surface area contributed by atoms with E-state index in [1.54, 1.807) is 18.2 Å². The number of unbranched alkanes of at least 4 members (excludes halogenated alkanes) is 1. The number of aromatic nitrogens is 2. The molecule has 7 nitrogen and oxygen atoms in total. The van der Waals surface area contributed by atoms with Crippen LogP contribution in [0.4, 0.5) is 5.69 Å². The highest BCUT2D eigenvalue weighted by molar-refractivity contribution is 5.91. The fraction of sp³-hybridized carbons (Fsp3) is 0.304. The number of rotatable bonds is 9. The lowest BCUT2D eigenvalue weighted by Crippen LogP contribution is -3.12. The molecule has 30 heavy (non-hydrogen) atoms. The first-order valence-corrected chi connectivity index (χ1v) is 10.2. The van der Waals surface area contributed by atoms with Crippen molar-refractivity contribution in [3.63, 3.8) is 0 Å². The number of benzene rings is 2. The minimum atomic E-state index is -0.160. The van der Waals surface area contributed by atoms with E-state index < -0.39 is 0 Å². The van der Waals surface area contributed by atoms with Gasteiger partial charge in [0.15, 0.2) is 12.4 Å². The molecule has 0 spiro atoms. The van der Waals surface area contributed by atoms with E-state index in [4.69, 9.17) is 5.26 Å². The third kappa shape index (κ3) is 5.75. The van der Waals surface area contributed by atoms with Gasteiger partial charge in [-0.2, -0.15) is 5.26 Å². The van der Waals surface area contributed by atoms with Crippen LogP contribution >= 0.6 is 0 Å². The van der Waals surface area contributed by atoms with Crippen LogP contribution in [0.25, 0.3) is 10.9 Å². The van der Waals surface area contributed by atoms with Crippen LogP contribution in [-0.4, -0.2) is 29.0 Å². The highest BCUT2D eigenvalue weighted by Crippen LogP contribution is 2.09. The Morgan fingerprint density at radius 1 is 1.20 bits per heavy atom. The first kappa shape index (κ1) is 21.2. The topological polar surface area (TPSA) is 103 Å². The number of anilines is 1. The minimum Gasteiger partial charge on any atom is -0.321 e. The van der Waals surface area contributed by atoms with E-state index >= 15 is 0 Å². The van der Waals surface area contributed by atoms with Gasteiger partial charge in [-0.25, -0.2) is 4.98 Å². The number of hydrogen-bond donors (Lipinski definition) is 3. The Morgan fingerprint density at radius 3 is 2.70 bits per heavy atom. The van der Waals surface area contributed by atoms with Crippen molar-refractivity contribution in [3.05, 3.63) is 70.3 Å². The lowest BCUT2D eigenvalue weighted by molar-refractivity contribution is -0.906. The van der Waals surface area contributed by atoms with E-state index in [2.05, 4.69) is 28.3 Å². The average molecular weight is 404 g/mol. The molecule has 3 N–H and O–H groups in total. The Labute approximate surface area is 175 Å². The summed E-state index contributed by atoms with van der Waals surface area (Å²) in [5, 5.41) is 12.2. The summed E-state index contributed by atoms with van der Waals surface area (Å²) in [6, 6.07) is 16.6. The molecule has 0 radical (unpaired) electrons. The number of aromatic amines is 1. The number of para-hydroxylation sites is 1. The zero-order valence-electron chi connectivity index (χ0n) is 17.1. The van der Waals surface area contributed by atoms with Crippen molar-refractivity contribution in [2.75, 3.05) is 18.4 Å². The molecular formula is C23H26N5O2+. The standard InChI is InChI=1S/C23H25N5O2/c1-2-3-14-28(15-21-26-20-7-5-4-6-19(20)23(30)27-21)16-22(29)25-18-10-8-17(9-11-18)12-13-24/h4-11H,2-3,12,14-16H2,1H3,(H,25,29)(H,26,27,30)/p+1. The Bertz CT molecular complexity index is 1100. The highest BCUT2D eigenvalue weighted by Gasteiger charge is 2.17.